The van der Waals surface area contributed by atoms with Gasteiger partial charge in [-0.25, -0.2) is 13.4 Å². The topological polar surface area (TPSA) is 123 Å². The van der Waals surface area contributed by atoms with Gasteiger partial charge in [0.15, 0.2) is 4.90 Å². The van der Waals surface area contributed by atoms with E-state index in [0.29, 0.717) is 17.1 Å². The van der Waals surface area contributed by atoms with Crippen LogP contribution >= 0.6 is 0 Å². The van der Waals surface area contributed by atoms with E-state index in [1.165, 1.54) is 19.4 Å². The highest BCUT2D eigenvalue weighted by Crippen LogP contribution is 2.29. The van der Waals surface area contributed by atoms with Gasteiger partial charge in [-0.3, -0.25) is 9.52 Å². The lowest BCUT2D eigenvalue weighted by Crippen LogP contribution is -2.18. The number of carbonyl (C=O) groups excluding carboxylic acids is 1. The molecule has 2 N–H and O–H groups in total. The Kier molecular flexibility index (Phi) is 5.79. The highest BCUT2D eigenvalue weighted by Gasteiger charge is 2.24. The Bertz CT molecular complexity index is 1180. The van der Waals surface area contributed by atoms with Crippen LogP contribution in [0, 0.1) is 27.7 Å². The summed E-state index contributed by atoms with van der Waals surface area (Å²) in [4.78, 5) is 16.4. The van der Waals surface area contributed by atoms with Gasteiger partial charge >= 0.3 is 0 Å². The lowest BCUT2D eigenvalue weighted by molar-refractivity contribution is 0.102. The Morgan fingerprint density at radius 2 is 1.80 bits per heavy atom. The van der Waals surface area contributed by atoms with E-state index >= 15 is 0 Å². The summed E-state index contributed by atoms with van der Waals surface area (Å²) in [5, 5.41) is 6.38. The molecule has 30 heavy (non-hydrogen) atoms. The molecule has 3 aromatic rings. The summed E-state index contributed by atoms with van der Waals surface area (Å²) in [6.45, 7) is 6.87. The third kappa shape index (κ3) is 4.13. The molecule has 1 aromatic carbocycles. The highest BCUT2D eigenvalue weighted by atomic mass is 32.2. The van der Waals surface area contributed by atoms with Gasteiger partial charge in [0.25, 0.3) is 15.9 Å². The predicted octanol–water partition coefficient (Wildman–Crippen LogP) is 3.36. The number of pyridine rings is 1. The second-order valence-corrected chi connectivity index (χ2v) is 8.41. The van der Waals surface area contributed by atoms with Crippen molar-refractivity contribution in [3.8, 4) is 5.88 Å². The van der Waals surface area contributed by atoms with E-state index in [-0.39, 0.29) is 22.0 Å². The first-order valence-electron chi connectivity index (χ1n) is 9.01. The Morgan fingerprint density at radius 1 is 1.13 bits per heavy atom. The van der Waals surface area contributed by atoms with E-state index in [9.17, 15) is 13.2 Å². The number of aromatic nitrogens is 2. The molecule has 0 spiro atoms. The molecule has 3 rings (SSSR count). The molecule has 10 heteroatoms. The van der Waals surface area contributed by atoms with Crippen LogP contribution in [0.3, 0.4) is 0 Å². The maximum absolute atomic E-state index is 13.1. The van der Waals surface area contributed by atoms with Crippen LogP contribution in [0.4, 0.5) is 11.4 Å². The number of methoxy groups -OCH3 is 1. The number of sulfonamides is 1. The van der Waals surface area contributed by atoms with Gasteiger partial charge in [-0.15, -0.1) is 0 Å². The third-order valence-electron chi connectivity index (χ3n) is 4.54. The van der Waals surface area contributed by atoms with E-state index in [1.807, 2.05) is 6.07 Å². The number of aryl methyl sites for hydroxylation is 4. The quantitative estimate of drug-likeness (QED) is 0.614. The SMILES string of the molecule is COc1ncc(NC(=O)c2c(C)noc2C)cc1S(=O)(=O)Nc1c(C)cccc1C. The van der Waals surface area contributed by atoms with Crippen LogP contribution in [-0.2, 0) is 10.0 Å². The van der Waals surface area contributed by atoms with Crippen molar-refractivity contribution in [2.24, 2.45) is 0 Å². The van der Waals surface area contributed by atoms with Gasteiger partial charge in [0.1, 0.15) is 11.3 Å². The Hall–Kier alpha value is -3.40. The Labute approximate surface area is 174 Å². The largest absolute Gasteiger partial charge is 0.480 e. The summed E-state index contributed by atoms with van der Waals surface area (Å²) in [7, 11) is -2.73. The second-order valence-electron chi connectivity index (χ2n) is 6.76. The fourth-order valence-corrected chi connectivity index (χ4v) is 4.36. The standard InChI is InChI=1S/C20H22N4O5S/c1-11-7-6-8-12(2)18(11)24-30(26,27)16-9-15(10-21-20(16)28-5)22-19(25)17-13(3)23-29-14(17)4/h6-10,24H,1-5H3,(H,22,25). The van der Waals surface area contributed by atoms with E-state index < -0.39 is 15.9 Å². The summed E-state index contributed by atoms with van der Waals surface area (Å²) in [5.74, 6) is -0.218. The third-order valence-corrected chi connectivity index (χ3v) is 5.88. The lowest BCUT2D eigenvalue weighted by Gasteiger charge is -2.15. The average Bonchev–Trinajstić information content (AvgIpc) is 3.03. The van der Waals surface area contributed by atoms with E-state index in [2.05, 4.69) is 20.2 Å². The molecule has 0 saturated heterocycles. The molecular formula is C20H22N4O5S. The fraction of sp³-hybridized carbons (Fsp3) is 0.250. The van der Waals surface area contributed by atoms with Crippen molar-refractivity contribution in [2.45, 2.75) is 32.6 Å². The predicted molar refractivity (Wildman–Crippen MR) is 111 cm³/mol. The molecule has 158 valence electrons. The molecule has 0 aliphatic heterocycles. The first kappa shape index (κ1) is 21.3. The summed E-state index contributed by atoms with van der Waals surface area (Å²) in [6, 6.07) is 6.74. The maximum Gasteiger partial charge on any atom is 0.267 e. The van der Waals surface area contributed by atoms with Crippen molar-refractivity contribution in [1.29, 1.82) is 0 Å². The zero-order chi connectivity index (χ0) is 22.1. The van der Waals surface area contributed by atoms with E-state index in [1.54, 1.807) is 39.8 Å². The number of anilines is 2. The molecule has 0 aliphatic carbocycles. The van der Waals surface area contributed by atoms with Crippen molar-refractivity contribution in [3.63, 3.8) is 0 Å². The zero-order valence-electron chi connectivity index (χ0n) is 17.2. The van der Waals surface area contributed by atoms with Crippen molar-refractivity contribution >= 4 is 27.3 Å². The monoisotopic (exact) mass is 430 g/mol. The molecule has 0 unspecified atom stereocenters. The van der Waals surface area contributed by atoms with Crippen LogP contribution < -0.4 is 14.8 Å². The van der Waals surface area contributed by atoms with Crippen molar-refractivity contribution in [2.75, 3.05) is 17.1 Å². The highest BCUT2D eigenvalue weighted by molar-refractivity contribution is 7.92. The molecule has 0 atom stereocenters. The number of carbonyl (C=O) groups is 1. The van der Waals surface area contributed by atoms with Crippen molar-refractivity contribution in [3.05, 3.63) is 58.6 Å². The molecule has 0 aliphatic rings. The van der Waals surface area contributed by atoms with Crippen LogP contribution in [0.1, 0.15) is 32.9 Å². The van der Waals surface area contributed by atoms with Crippen LogP contribution in [0.15, 0.2) is 39.9 Å². The second kappa shape index (κ2) is 8.15. The van der Waals surface area contributed by atoms with Gasteiger partial charge in [0.05, 0.1) is 30.4 Å². The van der Waals surface area contributed by atoms with Crippen LogP contribution in [-0.4, -0.2) is 31.6 Å². The summed E-state index contributed by atoms with van der Waals surface area (Å²) in [5.41, 5.74) is 2.91. The number of hydrogen-bond acceptors (Lipinski definition) is 7. The molecule has 2 aromatic heterocycles. The smallest absolute Gasteiger partial charge is 0.267 e. The van der Waals surface area contributed by atoms with Crippen molar-refractivity contribution in [1.82, 2.24) is 10.1 Å². The number of hydrogen-bond donors (Lipinski definition) is 2. The molecule has 0 saturated carbocycles. The summed E-state index contributed by atoms with van der Waals surface area (Å²) in [6.07, 6.45) is 1.31. The number of benzene rings is 1. The van der Waals surface area contributed by atoms with Crippen molar-refractivity contribution < 1.29 is 22.5 Å². The van der Waals surface area contributed by atoms with E-state index in [0.717, 1.165) is 11.1 Å². The number of rotatable bonds is 6. The van der Waals surface area contributed by atoms with Gasteiger partial charge < -0.3 is 14.6 Å². The molecular weight excluding hydrogens is 408 g/mol. The number of ether oxygens (including phenoxy) is 1. The van der Waals surface area contributed by atoms with Gasteiger partial charge in [-0.05, 0) is 44.9 Å². The molecule has 0 bridgehead atoms. The molecule has 1 amide bonds. The van der Waals surface area contributed by atoms with Crippen LogP contribution in [0.5, 0.6) is 5.88 Å². The molecule has 0 radical (unpaired) electrons. The Morgan fingerprint density at radius 3 is 2.37 bits per heavy atom. The maximum atomic E-state index is 13.1. The lowest BCUT2D eigenvalue weighted by atomic mass is 10.1. The molecule has 0 fully saturated rings. The summed E-state index contributed by atoms with van der Waals surface area (Å²) >= 11 is 0. The fourth-order valence-electron chi connectivity index (χ4n) is 3.01. The number of nitrogens with one attached hydrogen (secondary N) is 2. The zero-order valence-corrected chi connectivity index (χ0v) is 18.0. The van der Waals surface area contributed by atoms with E-state index in [4.69, 9.17) is 9.26 Å². The normalized spacial score (nSPS) is 11.2. The molecule has 2 heterocycles. The Balaban J connectivity index is 1.97. The summed E-state index contributed by atoms with van der Waals surface area (Å²) < 4.78 is 38.9. The van der Waals surface area contributed by atoms with Gasteiger partial charge in [-0.2, -0.15) is 0 Å². The van der Waals surface area contributed by atoms with Crippen LogP contribution in [0.25, 0.3) is 0 Å². The number of nitrogens with zero attached hydrogens (tertiary/aromatic N) is 2. The van der Waals surface area contributed by atoms with Gasteiger partial charge in [-0.1, -0.05) is 23.4 Å². The number of para-hydroxylation sites is 1. The minimum atomic E-state index is -4.05. The minimum absolute atomic E-state index is 0.0934. The first-order chi connectivity index (χ1) is 14.1. The van der Waals surface area contributed by atoms with Gasteiger partial charge in [0.2, 0.25) is 5.88 Å². The first-order valence-corrected chi connectivity index (χ1v) is 10.5. The average molecular weight is 430 g/mol. The van der Waals surface area contributed by atoms with Gasteiger partial charge in [0, 0.05) is 0 Å². The van der Waals surface area contributed by atoms with Crippen LogP contribution in [0.2, 0.25) is 0 Å². The molecule has 9 nitrogen and oxygen atoms in total. The minimum Gasteiger partial charge on any atom is -0.480 e. The number of amides is 1.